The van der Waals surface area contributed by atoms with Crippen molar-refractivity contribution in [2.75, 3.05) is 45.7 Å². The number of anilines is 1. The lowest BCUT2D eigenvalue weighted by Gasteiger charge is -2.28. The highest BCUT2D eigenvalue weighted by Gasteiger charge is 2.18. The Labute approximate surface area is 122 Å². The average Bonchev–Trinajstić information content (AvgIpc) is 2.42. The van der Waals surface area contributed by atoms with Crippen molar-refractivity contribution in [1.29, 1.82) is 0 Å². The van der Waals surface area contributed by atoms with Gasteiger partial charge in [0.15, 0.2) is 5.78 Å². The molecule has 0 aliphatic rings. The first-order valence-electron chi connectivity index (χ1n) is 7.08. The molecular weight excluding hydrogens is 252 g/mol. The predicted octanol–water partition coefficient (Wildman–Crippen LogP) is 2.68. The lowest BCUT2D eigenvalue weighted by Crippen LogP contribution is -2.33. The Morgan fingerprint density at radius 3 is 2.40 bits per heavy atom. The van der Waals surface area contributed by atoms with Crippen LogP contribution >= 0.6 is 0 Å². The van der Waals surface area contributed by atoms with E-state index in [2.05, 4.69) is 30.8 Å². The van der Waals surface area contributed by atoms with E-state index in [1.54, 1.807) is 14.0 Å². The normalized spacial score (nSPS) is 10.7. The molecule has 0 radical (unpaired) electrons. The van der Waals surface area contributed by atoms with Gasteiger partial charge < -0.3 is 14.5 Å². The molecule has 0 aliphatic carbocycles. The minimum absolute atomic E-state index is 0.0448. The van der Waals surface area contributed by atoms with Crippen LogP contribution in [0, 0.1) is 0 Å². The number of Topliss-reactive ketones (excluding diaryl/α,β-unsaturated/α-hetero) is 1. The van der Waals surface area contributed by atoms with Gasteiger partial charge in [0.25, 0.3) is 0 Å². The van der Waals surface area contributed by atoms with Gasteiger partial charge in [-0.05, 0) is 39.6 Å². The van der Waals surface area contributed by atoms with E-state index < -0.39 is 0 Å². The van der Waals surface area contributed by atoms with Crippen LogP contribution in [0.15, 0.2) is 18.2 Å². The number of ether oxygens (including phenoxy) is 1. The van der Waals surface area contributed by atoms with Crippen LogP contribution in [0.4, 0.5) is 5.69 Å². The van der Waals surface area contributed by atoms with E-state index in [0.29, 0.717) is 11.3 Å². The topological polar surface area (TPSA) is 32.8 Å². The smallest absolute Gasteiger partial charge is 0.165 e. The molecule has 0 amide bonds. The molecule has 0 aromatic heterocycles. The number of methoxy groups -OCH3 is 1. The zero-order chi connectivity index (χ0) is 15.1. The van der Waals surface area contributed by atoms with Crippen molar-refractivity contribution in [2.45, 2.75) is 20.3 Å². The predicted molar refractivity (Wildman–Crippen MR) is 84.1 cm³/mol. The second kappa shape index (κ2) is 7.90. The fourth-order valence-corrected chi connectivity index (χ4v) is 2.25. The summed E-state index contributed by atoms with van der Waals surface area (Å²) in [7, 11) is 5.72. The number of likely N-dealkylation sites (N-methyl/N-ethyl adjacent to an activating group) is 1. The fourth-order valence-electron chi connectivity index (χ4n) is 2.25. The summed E-state index contributed by atoms with van der Waals surface area (Å²) < 4.78 is 5.34. The Morgan fingerprint density at radius 2 is 1.90 bits per heavy atom. The highest BCUT2D eigenvalue weighted by molar-refractivity contribution is 6.02. The van der Waals surface area contributed by atoms with Crippen molar-refractivity contribution in [3.05, 3.63) is 23.8 Å². The molecule has 4 heteroatoms. The first-order valence-corrected chi connectivity index (χ1v) is 7.08. The fraction of sp³-hybridized carbons (Fsp3) is 0.562. The van der Waals surface area contributed by atoms with Gasteiger partial charge in [0.05, 0.1) is 18.4 Å². The van der Waals surface area contributed by atoms with E-state index >= 15 is 0 Å². The summed E-state index contributed by atoms with van der Waals surface area (Å²) in [6, 6.07) is 5.79. The number of hydrogen-bond donors (Lipinski definition) is 0. The van der Waals surface area contributed by atoms with E-state index in [1.807, 2.05) is 18.2 Å². The highest BCUT2D eigenvalue weighted by atomic mass is 16.5. The quantitative estimate of drug-likeness (QED) is 0.684. The highest BCUT2D eigenvalue weighted by Crippen LogP contribution is 2.30. The lowest BCUT2D eigenvalue weighted by atomic mass is 10.1. The third kappa shape index (κ3) is 4.23. The Balaban J connectivity index is 3.14. The number of hydrogen-bond acceptors (Lipinski definition) is 4. The van der Waals surface area contributed by atoms with Crippen molar-refractivity contribution in [3.63, 3.8) is 0 Å². The summed E-state index contributed by atoms with van der Waals surface area (Å²) in [6.07, 6.45) is 1.04. The Kier molecular flexibility index (Phi) is 6.52. The summed E-state index contributed by atoms with van der Waals surface area (Å²) in [5.74, 6) is 0.698. The number of rotatable bonds is 8. The third-order valence-corrected chi connectivity index (χ3v) is 3.23. The minimum Gasteiger partial charge on any atom is -0.496 e. The standard InChI is InChI=1S/C16H26N2O2/c1-6-10-18(12-11-17(3)4)14-8-7-9-15(20-5)16(14)13(2)19/h7-9H,6,10-12H2,1-5H3. The molecule has 1 aromatic rings. The molecule has 0 aliphatic heterocycles. The molecule has 20 heavy (non-hydrogen) atoms. The summed E-state index contributed by atoms with van der Waals surface area (Å²) in [4.78, 5) is 16.4. The van der Waals surface area contributed by atoms with Gasteiger partial charge >= 0.3 is 0 Å². The van der Waals surface area contributed by atoms with Crippen molar-refractivity contribution in [2.24, 2.45) is 0 Å². The molecule has 0 bridgehead atoms. The first kappa shape index (κ1) is 16.5. The molecule has 0 unspecified atom stereocenters. The molecule has 0 heterocycles. The number of carbonyl (C=O) groups excluding carboxylic acids is 1. The van der Waals surface area contributed by atoms with Crippen LogP contribution in [-0.4, -0.2) is 51.5 Å². The van der Waals surface area contributed by atoms with Gasteiger partial charge in [-0.3, -0.25) is 4.79 Å². The SMILES string of the molecule is CCCN(CCN(C)C)c1cccc(OC)c1C(C)=O. The average molecular weight is 278 g/mol. The van der Waals surface area contributed by atoms with E-state index in [4.69, 9.17) is 4.74 Å². The van der Waals surface area contributed by atoms with E-state index in [-0.39, 0.29) is 5.78 Å². The van der Waals surface area contributed by atoms with Crippen LogP contribution in [0.1, 0.15) is 30.6 Å². The van der Waals surface area contributed by atoms with E-state index in [0.717, 1.165) is 31.7 Å². The van der Waals surface area contributed by atoms with Crippen LogP contribution in [0.5, 0.6) is 5.75 Å². The van der Waals surface area contributed by atoms with Crippen LogP contribution in [0.25, 0.3) is 0 Å². The molecule has 0 fully saturated rings. The number of ketones is 1. The molecule has 1 aromatic carbocycles. The van der Waals surface area contributed by atoms with Crippen molar-refractivity contribution < 1.29 is 9.53 Å². The Bertz CT molecular complexity index is 444. The van der Waals surface area contributed by atoms with Gasteiger partial charge in [-0.1, -0.05) is 13.0 Å². The van der Waals surface area contributed by atoms with Crippen molar-refractivity contribution in [3.8, 4) is 5.75 Å². The molecule has 0 spiro atoms. The summed E-state index contributed by atoms with van der Waals surface area (Å²) in [5.41, 5.74) is 1.66. The number of carbonyl (C=O) groups is 1. The third-order valence-electron chi connectivity index (χ3n) is 3.23. The number of nitrogens with zero attached hydrogens (tertiary/aromatic N) is 2. The zero-order valence-electron chi connectivity index (χ0n) is 13.3. The summed E-state index contributed by atoms with van der Waals surface area (Å²) >= 11 is 0. The number of benzene rings is 1. The van der Waals surface area contributed by atoms with E-state index in [9.17, 15) is 4.79 Å². The van der Waals surface area contributed by atoms with Gasteiger partial charge in [0.1, 0.15) is 5.75 Å². The molecular formula is C16H26N2O2. The summed E-state index contributed by atoms with van der Waals surface area (Å²) in [5, 5.41) is 0. The van der Waals surface area contributed by atoms with Crippen molar-refractivity contribution in [1.82, 2.24) is 4.90 Å². The summed E-state index contributed by atoms with van der Waals surface area (Å²) in [6.45, 7) is 6.53. The Hall–Kier alpha value is -1.55. The molecule has 4 nitrogen and oxygen atoms in total. The second-order valence-corrected chi connectivity index (χ2v) is 5.20. The van der Waals surface area contributed by atoms with Gasteiger partial charge in [-0.15, -0.1) is 0 Å². The monoisotopic (exact) mass is 278 g/mol. The van der Waals surface area contributed by atoms with Gasteiger partial charge in [0, 0.05) is 19.6 Å². The largest absolute Gasteiger partial charge is 0.496 e. The Morgan fingerprint density at radius 1 is 1.20 bits per heavy atom. The first-order chi connectivity index (χ1) is 9.51. The maximum Gasteiger partial charge on any atom is 0.165 e. The van der Waals surface area contributed by atoms with Crippen LogP contribution in [0.2, 0.25) is 0 Å². The van der Waals surface area contributed by atoms with Crippen LogP contribution in [-0.2, 0) is 0 Å². The van der Waals surface area contributed by atoms with Gasteiger partial charge in [-0.25, -0.2) is 0 Å². The van der Waals surface area contributed by atoms with Crippen molar-refractivity contribution >= 4 is 11.5 Å². The van der Waals surface area contributed by atoms with Gasteiger partial charge in [-0.2, -0.15) is 0 Å². The van der Waals surface area contributed by atoms with E-state index in [1.165, 1.54) is 0 Å². The second-order valence-electron chi connectivity index (χ2n) is 5.20. The zero-order valence-corrected chi connectivity index (χ0v) is 13.3. The lowest BCUT2D eigenvalue weighted by molar-refractivity contribution is 0.101. The molecule has 0 saturated heterocycles. The van der Waals surface area contributed by atoms with Crippen LogP contribution < -0.4 is 9.64 Å². The van der Waals surface area contributed by atoms with Gasteiger partial charge in [0.2, 0.25) is 0 Å². The molecule has 0 N–H and O–H groups in total. The molecule has 1 rings (SSSR count). The molecule has 112 valence electrons. The maximum atomic E-state index is 12.0. The molecule has 0 saturated carbocycles. The minimum atomic E-state index is 0.0448. The van der Waals surface area contributed by atoms with Crippen LogP contribution in [0.3, 0.4) is 0 Å². The maximum absolute atomic E-state index is 12.0. The molecule has 0 atom stereocenters.